The van der Waals surface area contributed by atoms with Crippen LogP contribution in [0.4, 0.5) is 0 Å². The zero-order chi connectivity index (χ0) is 32.2. The van der Waals surface area contributed by atoms with E-state index in [1.807, 2.05) is 66.7 Å². The van der Waals surface area contributed by atoms with Crippen LogP contribution < -0.4 is 0 Å². The summed E-state index contributed by atoms with van der Waals surface area (Å²) < 4.78 is 0. The third-order valence-electron chi connectivity index (χ3n) is 7.58. The molecule has 0 amide bonds. The Balaban J connectivity index is 1.49. The van der Waals surface area contributed by atoms with Crippen molar-refractivity contribution in [3.8, 4) is 62.5 Å². The summed E-state index contributed by atoms with van der Waals surface area (Å²) in [5, 5.41) is 54.4. The number of allylic oxidation sites excluding steroid dienone is 5. The summed E-state index contributed by atoms with van der Waals surface area (Å²) in [6.45, 7) is 3.87. The van der Waals surface area contributed by atoms with Gasteiger partial charge in [0, 0.05) is 23.5 Å². The van der Waals surface area contributed by atoms with E-state index in [2.05, 4.69) is 45.8 Å². The molecule has 0 fully saturated rings. The zero-order valence-electron chi connectivity index (χ0n) is 24.5. The first-order chi connectivity index (χ1) is 22.4. The number of aromatic hydroxyl groups is 5. The van der Waals surface area contributed by atoms with Gasteiger partial charge in [-0.25, -0.2) is 9.97 Å². The third-order valence-corrected chi connectivity index (χ3v) is 7.58. The number of phenolic OH excluding ortho intramolecular Hbond substituents is 5. The molecule has 0 unspecified atom stereocenters. The lowest BCUT2D eigenvalue weighted by molar-refractivity contribution is 0.329. The molecule has 8 heteroatoms. The van der Waals surface area contributed by atoms with Crippen molar-refractivity contribution in [2.75, 3.05) is 0 Å². The summed E-state index contributed by atoms with van der Waals surface area (Å²) in [6.07, 6.45) is 11.4. The SMILES string of the molecule is C=C/C=C(\C=C/Cc1cccc2ccccc12)c1cc(-c2cccc(-c3cccnc3)c2)nc(-c2c(O)c(O)c(O)c(O)c2O)n1. The molecule has 8 nitrogen and oxygen atoms in total. The Morgan fingerprint density at radius 1 is 0.696 bits per heavy atom. The van der Waals surface area contributed by atoms with Gasteiger partial charge < -0.3 is 25.5 Å². The van der Waals surface area contributed by atoms with E-state index in [1.54, 1.807) is 30.6 Å². The van der Waals surface area contributed by atoms with Gasteiger partial charge in [0.1, 0.15) is 5.56 Å². The van der Waals surface area contributed by atoms with Crippen LogP contribution in [0.5, 0.6) is 28.7 Å². The van der Waals surface area contributed by atoms with Gasteiger partial charge in [-0.05, 0) is 52.1 Å². The second-order valence-electron chi connectivity index (χ2n) is 10.5. The molecule has 46 heavy (non-hydrogen) atoms. The van der Waals surface area contributed by atoms with E-state index < -0.39 is 34.3 Å². The number of benzene rings is 4. The van der Waals surface area contributed by atoms with Gasteiger partial charge in [0.05, 0.1) is 11.4 Å². The van der Waals surface area contributed by atoms with Gasteiger partial charge >= 0.3 is 0 Å². The van der Waals surface area contributed by atoms with E-state index in [-0.39, 0.29) is 5.82 Å². The Hall–Kier alpha value is -6.41. The van der Waals surface area contributed by atoms with Crippen molar-refractivity contribution >= 4 is 16.3 Å². The highest BCUT2D eigenvalue weighted by molar-refractivity contribution is 5.87. The summed E-state index contributed by atoms with van der Waals surface area (Å²) in [6, 6.07) is 27.5. The van der Waals surface area contributed by atoms with E-state index in [9.17, 15) is 25.5 Å². The highest BCUT2D eigenvalue weighted by Gasteiger charge is 2.27. The molecular weight excluding hydrogens is 578 g/mol. The molecule has 5 N–H and O–H groups in total. The maximum absolute atomic E-state index is 10.8. The van der Waals surface area contributed by atoms with Gasteiger partial charge in [-0.1, -0.05) is 97.6 Å². The minimum Gasteiger partial charge on any atom is -0.504 e. The highest BCUT2D eigenvalue weighted by atomic mass is 16.4. The lowest BCUT2D eigenvalue weighted by atomic mass is 10.00. The number of pyridine rings is 1. The number of fused-ring (bicyclic) bond motifs is 1. The Labute approximate surface area is 264 Å². The maximum Gasteiger partial charge on any atom is 0.208 e. The molecule has 226 valence electrons. The van der Waals surface area contributed by atoms with Gasteiger partial charge in [0.15, 0.2) is 17.3 Å². The molecule has 0 aliphatic rings. The molecular formula is C38H29N3O5. The molecule has 4 aromatic carbocycles. The summed E-state index contributed by atoms with van der Waals surface area (Å²) >= 11 is 0. The molecule has 0 atom stereocenters. The molecule has 0 radical (unpaired) electrons. The predicted molar refractivity (Wildman–Crippen MR) is 179 cm³/mol. The summed E-state index contributed by atoms with van der Waals surface area (Å²) in [5.74, 6) is -5.07. The lowest BCUT2D eigenvalue weighted by Gasteiger charge is -2.14. The minimum absolute atomic E-state index is 0.197. The standard InChI is InChI=1S/C38H29N3O5/c1-2-9-25(14-6-13-24-12-5-11-23-10-3-4-18-29(23)24)30-21-31(27-16-7-15-26(20-27)28-17-8-19-39-22-28)41-38(40-30)32-33(42)35(44)37(46)36(45)34(32)43/h2-12,14-22,42-46H,1,13H2/b14-6-,25-9+. The van der Waals surface area contributed by atoms with E-state index in [0.29, 0.717) is 28.9 Å². The Morgan fingerprint density at radius 3 is 2.15 bits per heavy atom. The molecule has 0 bridgehead atoms. The first-order valence-electron chi connectivity index (χ1n) is 14.4. The van der Waals surface area contributed by atoms with Crippen molar-refractivity contribution in [2.24, 2.45) is 0 Å². The molecule has 0 aliphatic heterocycles. The number of hydrogen-bond acceptors (Lipinski definition) is 8. The topological polar surface area (TPSA) is 140 Å². The fraction of sp³-hybridized carbons (Fsp3) is 0.0263. The average Bonchev–Trinajstić information content (AvgIpc) is 3.10. The largest absolute Gasteiger partial charge is 0.504 e. The fourth-order valence-corrected chi connectivity index (χ4v) is 5.28. The summed E-state index contributed by atoms with van der Waals surface area (Å²) in [4.78, 5) is 13.5. The monoisotopic (exact) mass is 607 g/mol. The quantitative estimate of drug-likeness (QED) is 0.0668. The normalized spacial score (nSPS) is 11.7. The number of nitrogens with zero attached hydrogens (tertiary/aromatic N) is 3. The van der Waals surface area contributed by atoms with Crippen molar-refractivity contribution < 1.29 is 25.5 Å². The van der Waals surface area contributed by atoms with Crippen molar-refractivity contribution in [3.63, 3.8) is 0 Å². The van der Waals surface area contributed by atoms with Crippen molar-refractivity contribution in [3.05, 3.63) is 139 Å². The second-order valence-corrected chi connectivity index (χ2v) is 10.5. The zero-order valence-corrected chi connectivity index (χ0v) is 24.5. The van der Waals surface area contributed by atoms with Crippen molar-refractivity contribution in [1.29, 1.82) is 0 Å². The van der Waals surface area contributed by atoms with Gasteiger partial charge in [-0.3, -0.25) is 4.98 Å². The highest BCUT2D eigenvalue weighted by Crippen LogP contribution is 2.54. The van der Waals surface area contributed by atoms with Crippen LogP contribution in [-0.4, -0.2) is 40.5 Å². The minimum atomic E-state index is -1.07. The first-order valence-corrected chi connectivity index (χ1v) is 14.4. The molecule has 6 aromatic rings. The van der Waals surface area contributed by atoms with Gasteiger partial charge in [0.25, 0.3) is 0 Å². The van der Waals surface area contributed by atoms with Crippen LogP contribution in [0.25, 0.3) is 50.1 Å². The summed E-state index contributed by atoms with van der Waals surface area (Å²) in [5.41, 5.74) is 4.65. The maximum atomic E-state index is 10.8. The van der Waals surface area contributed by atoms with Gasteiger partial charge in [-0.2, -0.15) is 0 Å². The van der Waals surface area contributed by atoms with Crippen LogP contribution in [0.3, 0.4) is 0 Å². The summed E-state index contributed by atoms with van der Waals surface area (Å²) in [7, 11) is 0. The van der Waals surface area contributed by atoms with Crippen LogP contribution in [-0.2, 0) is 6.42 Å². The molecule has 2 heterocycles. The predicted octanol–water partition coefficient (Wildman–Crippen LogP) is 7.92. The molecule has 0 saturated carbocycles. The van der Waals surface area contributed by atoms with Crippen LogP contribution in [0, 0.1) is 0 Å². The van der Waals surface area contributed by atoms with Crippen LogP contribution in [0.1, 0.15) is 11.3 Å². The Morgan fingerprint density at radius 2 is 1.39 bits per heavy atom. The van der Waals surface area contributed by atoms with Crippen molar-refractivity contribution in [2.45, 2.75) is 6.42 Å². The first kappa shape index (κ1) is 29.7. The fourth-order valence-electron chi connectivity index (χ4n) is 5.28. The van der Waals surface area contributed by atoms with Crippen LogP contribution >= 0.6 is 0 Å². The third kappa shape index (κ3) is 5.75. The smallest absolute Gasteiger partial charge is 0.208 e. The van der Waals surface area contributed by atoms with E-state index in [0.717, 1.165) is 27.5 Å². The lowest BCUT2D eigenvalue weighted by Crippen LogP contribution is -1.99. The van der Waals surface area contributed by atoms with E-state index >= 15 is 0 Å². The average molecular weight is 608 g/mol. The van der Waals surface area contributed by atoms with E-state index in [4.69, 9.17) is 0 Å². The van der Waals surface area contributed by atoms with Crippen LogP contribution in [0.2, 0.25) is 0 Å². The number of hydrogen-bond donors (Lipinski definition) is 5. The van der Waals surface area contributed by atoms with Gasteiger partial charge in [-0.15, -0.1) is 0 Å². The molecule has 2 aromatic heterocycles. The van der Waals surface area contributed by atoms with Gasteiger partial charge in [0.2, 0.25) is 17.2 Å². The van der Waals surface area contributed by atoms with Crippen LogP contribution in [0.15, 0.2) is 128 Å². The number of aromatic nitrogens is 3. The Bertz CT molecular complexity index is 2120. The number of phenols is 5. The molecule has 0 aliphatic carbocycles. The van der Waals surface area contributed by atoms with E-state index in [1.165, 1.54) is 0 Å². The second kappa shape index (κ2) is 12.7. The molecule has 6 rings (SSSR count). The Kier molecular flexibility index (Phi) is 8.17. The molecule has 0 spiro atoms. The molecule has 0 saturated heterocycles. The number of rotatable bonds is 8. The van der Waals surface area contributed by atoms with Crippen molar-refractivity contribution in [1.82, 2.24) is 15.0 Å².